The van der Waals surface area contributed by atoms with E-state index < -0.39 is 6.03 Å². The smallest absolute Gasteiger partial charge is 0.338 e. The maximum Gasteiger partial charge on any atom is 0.338 e. The minimum absolute atomic E-state index is 0.318. The molecule has 0 saturated heterocycles. The molecule has 0 aliphatic heterocycles. The fourth-order valence-electron chi connectivity index (χ4n) is 3.00. The summed E-state index contributed by atoms with van der Waals surface area (Å²) in [5.41, 5.74) is 6.63. The van der Waals surface area contributed by atoms with Crippen molar-refractivity contribution in [2.75, 3.05) is 36.4 Å². The van der Waals surface area contributed by atoms with Crippen LogP contribution in [0, 0.1) is 13.8 Å². The van der Waals surface area contributed by atoms with Crippen LogP contribution < -0.4 is 20.7 Å². The number of rotatable bonds is 4. The lowest BCUT2D eigenvalue weighted by Crippen LogP contribution is -2.42. The Kier molecular flexibility index (Phi) is 5.28. The molecule has 0 spiro atoms. The van der Waals surface area contributed by atoms with Gasteiger partial charge in [0.15, 0.2) is 11.5 Å². The van der Waals surface area contributed by atoms with E-state index in [0.717, 1.165) is 22.4 Å². The molecule has 3 heterocycles. The normalized spacial score (nSPS) is 10.8. The van der Waals surface area contributed by atoms with Crippen LogP contribution in [0.4, 0.5) is 22.0 Å². The van der Waals surface area contributed by atoms with E-state index in [0.29, 0.717) is 22.4 Å². The highest BCUT2D eigenvalue weighted by Crippen LogP contribution is 2.30. The molecule has 0 atom stereocenters. The third-order valence-electron chi connectivity index (χ3n) is 4.21. The fraction of sp³-hybridized carbons (Fsp3) is 0.333. The summed E-state index contributed by atoms with van der Waals surface area (Å²) in [6.07, 6.45) is 0. The summed E-state index contributed by atoms with van der Waals surface area (Å²) in [5, 5.41) is 10.1. The number of urea groups is 1. The van der Waals surface area contributed by atoms with E-state index in [4.69, 9.17) is 11.6 Å². The number of hydrogen-bond acceptors (Lipinski definition) is 6. The number of aromatic nitrogens is 4. The number of aryl methyl sites for hydroxylation is 3. The molecule has 0 aromatic carbocycles. The van der Waals surface area contributed by atoms with Gasteiger partial charge >= 0.3 is 6.03 Å². The van der Waals surface area contributed by atoms with Gasteiger partial charge in [0.05, 0.1) is 16.8 Å². The Morgan fingerprint density at radius 1 is 1.14 bits per heavy atom. The number of pyridine rings is 2. The quantitative estimate of drug-likeness (QED) is 0.515. The second-order valence-corrected chi connectivity index (χ2v) is 7.13. The number of nitrogens with one attached hydrogen (secondary N) is 2. The second kappa shape index (κ2) is 7.51. The molecule has 2 N–H and O–H groups in total. The number of fused-ring (bicyclic) bond motifs is 1. The van der Waals surface area contributed by atoms with Crippen molar-refractivity contribution >= 4 is 45.9 Å². The number of carbonyl (C=O) groups is 1. The van der Waals surface area contributed by atoms with Crippen molar-refractivity contribution in [3.63, 3.8) is 0 Å². The van der Waals surface area contributed by atoms with Crippen molar-refractivity contribution in [1.29, 1.82) is 0 Å². The van der Waals surface area contributed by atoms with Crippen molar-refractivity contribution in [1.82, 2.24) is 25.2 Å². The lowest BCUT2D eigenvalue weighted by Gasteiger charge is -2.22. The van der Waals surface area contributed by atoms with Crippen LogP contribution in [0.25, 0.3) is 11.0 Å². The third-order valence-corrected chi connectivity index (χ3v) is 4.40. The summed E-state index contributed by atoms with van der Waals surface area (Å²) < 4.78 is 1.73. The zero-order valence-corrected chi connectivity index (χ0v) is 17.5. The number of amides is 2. The van der Waals surface area contributed by atoms with Gasteiger partial charge in [-0.25, -0.2) is 20.2 Å². The van der Waals surface area contributed by atoms with Gasteiger partial charge in [0.1, 0.15) is 5.15 Å². The van der Waals surface area contributed by atoms with E-state index >= 15 is 0 Å². The summed E-state index contributed by atoms with van der Waals surface area (Å²) in [6.45, 7) is 3.76. The maximum absolute atomic E-state index is 12.4. The van der Waals surface area contributed by atoms with Gasteiger partial charge in [0, 0.05) is 45.6 Å². The molecule has 2 amide bonds. The standard InChI is InChI=1S/C18H23ClN8O/c1-10-7-12(8-14(19)20-10)21-18(28)24-26(5)15-9-13(25(3)4)16-11(2)23-27(6)17(16)22-15/h7-9H,1-6H3,(H2,20,21,24,28). The molecule has 0 aliphatic rings. The third kappa shape index (κ3) is 3.94. The number of hydrogen-bond donors (Lipinski definition) is 2. The van der Waals surface area contributed by atoms with Crippen molar-refractivity contribution in [2.45, 2.75) is 13.8 Å². The average Bonchev–Trinajstić information content (AvgIpc) is 2.87. The summed E-state index contributed by atoms with van der Waals surface area (Å²) >= 11 is 5.94. The Balaban J connectivity index is 1.85. The molecule has 0 aliphatic carbocycles. The summed E-state index contributed by atoms with van der Waals surface area (Å²) in [5.74, 6) is 0.582. The van der Waals surface area contributed by atoms with Gasteiger partial charge in [0.25, 0.3) is 0 Å². The van der Waals surface area contributed by atoms with Gasteiger partial charge in [-0.1, -0.05) is 11.6 Å². The summed E-state index contributed by atoms with van der Waals surface area (Å²) in [4.78, 5) is 23.1. The summed E-state index contributed by atoms with van der Waals surface area (Å²) in [7, 11) is 7.49. The molecule has 3 aromatic heterocycles. The number of nitrogens with zero attached hydrogens (tertiary/aromatic N) is 6. The first-order valence-corrected chi connectivity index (χ1v) is 9.00. The summed E-state index contributed by atoms with van der Waals surface area (Å²) in [6, 6.07) is 4.81. The monoisotopic (exact) mass is 402 g/mol. The average molecular weight is 403 g/mol. The van der Waals surface area contributed by atoms with Crippen LogP contribution >= 0.6 is 11.6 Å². The first kappa shape index (κ1) is 19.7. The Hall–Kier alpha value is -3.07. The number of hydrazine groups is 1. The topological polar surface area (TPSA) is 91.2 Å². The molecular formula is C18H23ClN8O. The van der Waals surface area contributed by atoms with E-state index in [9.17, 15) is 4.79 Å². The molecule has 9 nitrogen and oxygen atoms in total. The highest BCUT2D eigenvalue weighted by atomic mass is 35.5. The second-order valence-electron chi connectivity index (χ2n) is 6.75. The van der Waals surface area contributed by atoms with Crippen LogP contribution in [0.1, 0.15) is 11.4 Å². The van der Waals surface area contributed by atoms with Crippen molar-refractivity contribution < 1.29 is 4.79 Å². The Morgan fingerprint density at radius 2 is 1.86 bits per heavy atom. The first-order valence-electron chi connectivity index (χ1n) is 8.63. The van der Waals surface area contributed by atoms with Crippen LogP contribution in [-0.4, -0.2) is 46.9 Å². The fourth-order valence-corrected chi connectivity index (χ4v) is 3.25. The van der Waals surface area contributed by atoms with Crippen LogP contribution in [-0.2, 0) is 7.05 Å². The van der Waals surface area contributed by atoms with E-state index in [-0.39, 0.29) is 0 Å². The van der Waals surface area contributed by atoms with E-state index in [2.05, 4.69) is 25.8 Å². The highest BCUT2D eigenvalue weighted by Gasteiger charge is 2.17. The Morgan fingerprint density at radius 3 is 2.50 bits per heavy atom. The lowest BCUT2D eigenvalue weighted by atomic mass is 10.2. The highest BCUT2D eigenvalue weighted by molar-refractivity contribution is 6.29. The van der Waals surface area contributed by atoms with E-state index in [1.165, 1.54) is 0 Å². The van der Waals surface area contributed by atoms with Crippen molar-refractivity contribution in [3.8, 4) is 0 Å². The zero-order chi connectivity index (χ0) is 20.6. The van der Waals surface area contributed by atoms with Crippen LogP contribution in [0.2, 0.25) is 5.15 Å². The molecule has 28 heavy (non-hydrogen) atoms. The van der Waals surface area contributed by atoms with E-state index in [1.807, 2.05) is 39.0 Å². The minimum Gasteiger partial charge on any atom is -0.377 e. The van der Waals surface area contributed by atoms with Gasteiger partial charge in [-0.2, -0.15) is 5.10 Å². The molecule has 3 aromatic rings. The largest absolute Gasteiger partial charge is 0.377 e. The maximum atomic E-state index is 12.4. The van der Waals surface area contributed by atoms with Crippen LogP contribution in [0.15, 0.2) is 18.2 Å². The van der Waals surface area contributed by atoms with Crippen molar-refractivity contribution in [3.05, 3.63) is 34.7 Å². The Labute approximate surface area is 168 Å². The van der Waals surface area contributed by atoms with Crippen LogP contribution in [0.5, 0.6) is 0 Å². The van der Waals surface area contributed by atoms with E-state index in [1.54, 1.807) is 35.8 Å². The first-order chi connectivity index (χ1) is 13.2. The predicted octanol–water partition coefficient (Wildman–Crippen LogP) is 2.87. The zero-order valence-electron chi connectivity index (χ0n) is 16.7. The van der Waals surface area contributed by atoms with Gasteiger partial charge in [-0.3, -0.25) is 9.69 Å². The molecule has 0 unspecified atom stereocenters. The van der Waals surface area contributed by atoms with Gasteiger partial charge in [-0.05, 0) is 26.0 Å². The molecular weight excluding hydrogens is 380 g/mol. The van der Waals surface area contributed by atoms with Gasteiger partial charge in [-0.15, -0.1) is 0 Å². The Bertz CT molecular complexity index is 1030. The number of carbonyl (C=O) groups excluding carboxylic acids is 1. The van der Waals surface area contributed by atoms with Crippen molar-refractivity contribution in [2.24, 2.45) is 7.05 Å². The lowest BCUT2D eigenvalue weighted by molar-refractivity contribution is 0.251. The molecule has 0 fully saturated rings. The molecule has 0 bridgehead atoms. The minimum atomic E-state index is -0.418. The SMILES string of the molecule is Cc1cc(NC(=O)NN(C)c2cc(N(C)C)c3c(C)nn(C)c3n2)cc(Cl)n1. The predicted molar refractivity (Wildman–Crippen MR) is 112 cm³/mol. The molecule has 148 valence electrons. The molecule has 0 saturated carbocycles. The molecule has 10 heteroatoms. The number of halogens is 1. The van der Waals surface area contributed by atoms with Crippen LogP contribution in [0.3, 0.4) is 0 Å². The molecule has 0 radical (unpaired) electrons. The number of anilines is 3. The van der Waals surface area contributed by atoms with Gasteiger partial charge < -0.3 is 10.2 Å². The van der Waals surface area contributed by atoms with Gasteiger partial charge in [0.2, 0.25) is 0 Å². The molecule has 3 rings (SSSR count).